The lowest BCUT2D eigenvalue weighted by molar-refractivity contribution is -0.0448. The highest BCUT2D eigenvalue weighted by atomic mass is 32.2. The highest BCUT2D eigenvalue weighted by Crippen LogP contribution is 2.29. The summed E-state index contributed by atoms with van der Waals surface area (Å²) in [5.41, 5.74) is 0.261. The molecule has 0 spiro atoms. The molecule has 110 valence electrons. The first kappa shape index (κ1) is 15.2. The number of rotatable bonds is 4. The Morgan fingerprint density at radius 3 is 2.95 bits per heavy atom. The fourth-order valence-electron chi connectivity index (χ4n) is 2.03. The zero-order valence-electron chi connectivity index (χ0n) is 10.7. The van der Waals surface area contributed by atoms with Crippen LogP contribution in [0, 0.1) is 0 Å². The van der Waals surface area contributed by atoms with Crippen LogP contribution in [0.4, 0.5) is 8.78 Å². The van der Waals surface area contributed by atoms with Crippen LogP contribution >= 0.6 is 11.8 Å². The first-order valence-electron chi connectivity index (χ1n) is 6.17. The number of thioether (sulfide) groups is 1. The molecule has 1 atom stereocenters. The van der Waals surface area contributed by atoms with Gasteiger partial charge in [-0.15, -0.1) is 0 Å². The van der Waals surface area contributed by atoms with E-state index in [9.17, 15) is 13.6 Å². The lowest BCUT2D eigenvalue weighted by atomic mass is 10.1. The Bertz CT molecular complexity index is 473. The number of carbonyl (C=O) groups excluding carboxylic acids is 1. The minimum absolute atomic E-state index is 0.169. The van der Waals surface area contributed by atoms with E-state index in [2.05, 4.69) is 0 Å². The number of morpholine rings is 1. The van der Waals surface area contributed by atoms with Gasteiger partial charge in [0.25, 0.3) is 11.7 Å². The third kappa shape index (κ3) is 3.68. The second-order valence-corrected chi connectivity index (χ2v) is 5.33. The molecule has 0 bridgehead atoms. The molecular weight excluding hydrogens is 288 g/mol. The van der Waals surface area contributed by atoms with E-state index in [1.807, 2.05) is 0 Å². The lowest BCUT2D eigenvalue weighted by Gasteiger charge is -2.32. The third-order valence-electron chi connectivity index (χ3n) is 2.96. The Morgan fingerprint density at radius 1 is 1.50 bits per heavy atom. The van der Waals surface area contributed by atoms with Gasteiger partial charge in [0.2, 0.25) is 0 Å². The fraction of sp³-hybridized carbons (Fsp3) is 0.462. The molecule has 1 aromatic rings. The van der Waals surface area contributed by atoms with Gasteiger partial charge in [0.15, 0.2) is 0 Å². The minimum Gasteiger partial charge on any atom is -0.394 e. The number of hydrogen-bond donors (Lipinski definition) is 1. The summed E-state index contributed by atoms with van der Waals surface area (Å²) in [7, 11) is 0. The average Bonchev–Trinajstić information content (AvgIpc) is 2.46. The molecule has 20 heavy (non-hydrogen) atoms. The Morgan fingerprint density at radius 2 is 2.25 bits per heavy atom. The molecule has 1 amide bonds. The monoisotopic (exact) mass is 303 g/mol. The van der Waals surface area contributed by atoms with Crippen LogP contribution in [0.5, 0.6) is 0 Å². The van der Waals surface area contributed by atoms with Gasteiger partial charge in [-0.3, -0.25) is 4.79 Å². The van der Waals surface area contributed by atoms with Crippen LogP contribution in [-0.4, -0.2) is 54.1 Å². The Labute approximate surface area is 119 Å². The zero-order valence-corrected chi connectivity index (χ0v) is 11.5. The number of halogens is 2. The summed E-state index contributed by atoms with van der Waals surface area (Å²) in [4.78, 5) is 14.2. The SMILES string of the molecule is O=C(c1ccccc1SC(F)F)N1CCOC(CO)C1. The van der Waals surface area contributed by atoms with Crippen LogP contribution < -0.4 is 0 Å². The normalized spacial score (nSPS) is 19.4. The van der Waals surface area contributed by atoms with Gasteiger partial charge >= 0.3 is 0 Å². The van der Waals surface area contributed by atoms with Gasteiger partial charge in [-0.25, -0.2) is 0 Å². The van der Waals surface area contributed by atoms with Crippen LogP contribution in [0.25, 0.3) is 0 Å². The van der Waals surface area contributed by atoms with Crippen molar-refractivity contribution in [2.24, 2.45) is 0 Å². The van der Waals surface area contributed by atoms with Crippen LogP contribution in [-0.2, 0) is 4.74 Å². The number of nitrogens with zero attached hydrogens (tertiary/aromatic N) is 1. The second kappa shape index (κ2) is 7.01. The van der Waals surface area contributed by atoms with Crippen molar-refractivity contribution in [2.75, 3.05) is 26.3 Å². The molecule has 1 aliphatic heterocycles. The van der Waals surface area contributed by atoms with Crippen LogP contribution in [0.1, 0.15) is 10.4 Å². The molecule has 1 fully saturated rings. The Hall–Kier alpha value is -1.18. The van der Waals surface area contributed by atoms with E-state index < -0.39 is 11.9 Å². The zero-order chi connectivity index (χ0) is 14.5. The van der Waals surface area contributed by atoms with E-state index >= 15 is 0 Å². The summed E-state index contributed by atoms with van der Waals surface area (Å²) in [5, 5.41) is 9.07. The third-order valence-corrected chi connectivity index (χ3v) is 3.75. The van der Waals surface area contributed by atoms with Gasteiger partial charge in [-0.2, -0.15) is 8.78 Å². The van der Waals surface area contributed by atoms with E-state index in [-0.39, 0.29) is 29.5 Å². The van der Waals surface area contributed by atoms with Gasteiger partial charge in [-0.1, -0.05) is 23.9 Å². The number of aliphatic hydroxyl groups excluding tert-OH is 1. The van der Waals surface area contributed by atoms with Crippen molar-refractivity contribution < 1.29 is 23.4 Å². The van der Waals surface area contributed by atoms with Gasteiger partial charge < -0.3 is 14.7 Å². The van der Waals surface area contributed by atoms with Crippen LogP contribution in [0.15, 0.2) is 29.2 Å². The van der Waals surface area contributed by atoms with Crippen molar-refractivity contribution in [3.05, 3.63) is 29.8 Å². The molecule has 0 radical (unpaired) electrons. The van der Waals surface area contributed by atoms with Crippen molar-refractivity contribution in [3.8, 4) is 0 Å². The number of hydrogen-bond acceptors (Lipinski definition) is 4. The first-order valence-corrected chi connectivity index (χ1v) is 7.05. The molecule has 1 saturated heterocycles. The van der Waals surface area contributed by atoms with Crippen LogP contribution in [0.3, 0.4) is 0 Å². The Balaban J connectivity index is 2.16. The van der Waals surface area contributed by atoms with Crippen molar-refractivity contribution in [1.82, 2.24) is 4.90 Å². The van der Waals surface area contributed by atoms with E-state index in [0.29, 0.717) is 24.9 Å². The highest BCUT2D eigenvalue weighted by Gasteiger charge is 2.26. The molecule has 1 aliphatic rings. The minimum atomic E-state index is -2.57. The molecule has 0 aromatic heterocycles. The number of amides is 1. The van der Waals surface area contributed by atoms with Crippen molar-refractivity contribution in [1.29, 1.82) is 0 Å². The topological polar surface area (TPSA) is 49.8 Å². The molecule has 1 heterocycles. The predicted molar refractivity (Wildman–Crippen MR) is 71.0 cm³/mol. The van der Waals surface area contributed by atoms with Gasteiger partial charge in [0.05, 0.1) is 24.9 Å². The van der Waals surface area contributed by atoms with E-state index in [1.165, 1.54) is 17.0 Å². The fourth-order valence-corrected chi connectivity index (χ4v) is 2.66. The predicted octanol–water partition coefficient (Wildman–Crippen LogP) is 1.83. The van der Waals surface area contributed by atoms with Crippen molar-refractivity contribution in [3.63, 3.8) is 0 Å². The standard InChI is InChI=1S/C13H15F2NO3S/c14-13(15)20-11-4-2-1-3-10(11)12(18)16-5-6-19-9(7-16)8-17/h1-4,9,13,17H,5-8H2. The molecule has 1 aromatic carbocycles. The van der Waals surface area contributed by atoms with E-state index in [1.54, 1.807) is 12.1 Å². The van der Waals surface area contributed by atoms with Crippen molar-refractivity contribution >= 4 is 17.7 Å². The van der Waals surface area contributed by atoms with Crippen molar-refractivity contribution in [2.45, 2.75) is 16.8 Å². The maximum atomic E-state index is 12.5. The summed E-state index contributed by atoms with van der Waals surface area (Å²) in [6.07, 6.45) is -0.414. The molecule has 0 aliphatic carbocycles. The number of ether oxygens (including phenoxy) is 1. The lowest BCUT2D eigenvalue weighted by Crippen LogP contribution is -2.47. The summed E-state index contributed by atoms with van der Waals surface area (Å²) < 4.78 is 30.3. The highest BCUT2D eigenvalue weighted by molar-refractivity contribution is 7.99. The number of carbonyl (C=O) groups is 1. The van der Waals surface area contributed by atoms with Crippen LogP contribution in [0.2, 0.25) is 0 Å². The second-order valence-electron chi connectivity index (χ2n) is 4.30. The van der Waals surface area contributed by atoms with E-state index in [4.69, 9.17) is 9.84 Å². The number of aliphatic hydroxyl groups is 1. The quantitative estimate of drug-likeness (QED) is 0.862. The average molecular weight is 303 g/mol. The Kier molecular flexibility index (Phi) is 5.33. The molecule has 1 N–H and O–H groups in total. The van der Waals surface area contributed by atoms with Gasteiger partial charge in [-0.05, 0) is 12.1 Å². The smallest absolute Gasteiger partial charge is 0.288 e. The molecule has 0 saturated carbocycles. The molecular formula is C13H15F2NO3S. The maximum Gasteiger partial charge on any atom is 0.288 e. The number of alkyl halides is 2. The summed E-state index contributed by atoms with van der Waals surface area (Å²) >= 11 is 0.362. The largest absolute Gasteiger partial charge is 0.394 e. The first-order chi connectivity index (χ1) is 9.61. The molecule has 2 rings (SSSR count). The summed E-state index contributed by atoms with van der Waals surface area (Å²) in [6.45, 7) is 0.824. The molecule has 4 nitrogen and oxygen atoms in total. The molecule has 7 heteroatoms. The molecule has 1 unspecified atom stereocenters. The van der Waals surface area contributed by atoms with Gasteiger partial charge in [0, 0.05) is 18.0 Å². The number of benzene rings is 1. The maximum absolute atomic E-state index is 12.5. The summed E-state index contributed by atoms with van der Waals surface area (Å²) in [5.74, 6) is -2.88. The van der Waals surface area contributed by atoms with Gasteiger partial charge in [0.1, 0.15) is 0 Å². The summed E-state index contributed by atoms with van der Waals surface area (Å²) in [6, 6.07) is 6.31. The van der Waals surface area contributed by atoms with E-state index in [0.717, 1.165) is 0 Å².